The molecule has 14 heavy (non-hydrogen) atoms. The van der Waals surface area contributed by atoms with Gasteiger partial charge in [0.1, 0.15) is 11.5 Å². The van der Waals surface area contributed by atoms with Crippen LogP contribution in [0.4, 0.5) is 0 Å². The van der Waals surface area contributed by atoms with E-state index in [1.165, 1.54) is 0 Å². The molecule has 3 nitrogen and oxygen atoms in total. The van der Waals surface area contributed by atoms with Crippen molar-refractivity contribution in [2.75, 3.05) is 19.8 Å². The normalized spacial score (nSPS) is 9.86. The van der Waals surface area contributed by atoms with Gasteiger partial charge in [0, 0.05) is 19.1 Å². The van der Waals surface area contributed by atoms with Gasteiger partial charge in [-0.3, -0.25) is 0 Å². The van der Waals surface area contributed by atoms with Crippen LogP contribution in [0.15, 0.2) is 24.3 Å². The molecule has 3 heteroatoms. The standard InChI is InChI=1S/C11H16O3/c1-2-13-10-5-3-6-11(9-10)14-8-4-7-12/h3,5-6,9,12H,2,4,7-8H2,1H3. The minimum absolute atomic E-state index is 0.158. The van der Waals surface area contributed by atoms with Gasteiger partial charge >= 0.3 is 0 Å². The smallest absolute Gasteiger partial charge is 0.122 e. The topological polar surface area (TPSA) is 38.7 Å². The van der Waals surface area contributed by atoms with E-state index < -0.39 is 0 Å². The van der Waals surface area contributed by atoms with Crippen molar-refractivity contribution in [3.05, 3.63) is 24.3 Å². The zero-order valence-electron chi connectivity index (χ0n) is 8.40. The summed E-state index contributed by atoms with van der Waals surface area (Å²) in [6.07, 6.45) is 0.652. The Morgan fingerprint density at radius 3 is 2.57 bits per heavy atom. The molecule has 0 atom stereocenters. The van der Waals surface area contributed by atoms with Crippen LogP contribution in [0, 0.1) is 0 Å². The van der Waals surface area contributed by atoms with E-state index in [1.807, 2.05) is 31.2 Å². The molecular weight excluding hydrogens is 180 g/mol. The molecule has 1 rings (SSSR count). The fourth-order valence-electron chi connectivity index (χ4n) is 1.08. The van der Waals surface area contributed by atoms with Crippen LogP contribution in [0.5, 0.6) is 11.5 Å². The first-order valence-electron chi connectivity index (χ1n) is 4.83. The lowest BCUT2D eigenvalue weighted by atomic mass is 10.3. The Kier molecular flexibility index (Phi) is 4.86. The predicted molar refractivity (Wildman–Crippen MR) is 54.8 cm³/mol. The molecule has 0 saturated heterocycles. The monoisotopic (exact) mass is 196 g/mol. The summed E-state index contributed by atoms with van der Waals surface area (Å²) in [7, 11) is 0. The van der Waals surface area contributed by atoms with Gasteiger partial charge in [-0.25, -0.2) is 0 Å². The van der Waals surface area contributed by atoms with Gasteiger partial charge in [-0.2, -0.15) is 0 Å². The first kappa shape index (κ1) is 10.9. The van der Waals surface area contributed by atoms with Crippen molar-refractivity contribution < 1.29 is 14.6 Å². The van der Waals surface area contributed by atoms with Gasteiger partial charge in [0.05, 0.1) is 13.2 Å². The first-order valence-corrected chi connectivity index (χ1v) is 4.83. The Morgan fingerprint density at radius 2 is 1.93 bits per heavy atom. The van der Waals surface area contributed by atoms with E-state index in [1.54, 1.807) is 0 Å². The highest BCUT2D eigenvalue weighted by Gasteiger charge is 1.96. The van der Waals surface area contributed by atoms with E-state index in [2.05, 4.69) is 0 Å². The largest absolute Gasteiger partial charge is 0.494 e. The minimum Gasteiger partial charge on any atom is -0.494 e. The highest BCUT2D eigenvalue weighted by Crippen LogP contribution is 2.19. The summed E-state index contributed by atoms with van der Waals surface area (Å²) in [5.74, 6) is 1.60. The average molecular weight is 196 g/mol. The zero-order chi connectivity index (χ0) is 10.2. The van der Waals surface area contributed by atoms with Crippen molar-refractivity contribution >= 4 is 0 Å². The second kappa shape index (κ2) is 6.27. The third kappa shape index (κ3) is 3.66. The number of rotatable bonds is 6. The van der Waals surface area contributed by atoms with E-state index in [9.17, 15) is 0 Å². The molecule has 0 bridgehead atoms. The molecular formula is C11H16O3. The lowest BCUT2D eigenvalue weighted by Crippen LogP contribution is -2.00. The maximum Gasteiger partial charge on any atom is 0.122 e. The zero-order valence-corrected chi connectivity index (χ0v) is 8.40. The minimum atomic E-state index is 0.158. The number of aliphatic hydroxyl groups excluding tert-OH is 1. The SMILES string of the molecule is CCOc1cccc(OCCCO)c1. The van der Waals surface area contributed by atoms with Crippen molar-refractivity contribution in [2.24, 2.45) is 0 Å². The average Bonchev–Trinajstić information content (AvgIpc) is 2.19. The van der Waals surface area contributed by atoms with Crippen LogP contribution >= 0.6 is 0 Å². The molecule has 0 heterocycles. The van der Waals surface area contributed by atoms with Crippen LogP contribution in [0.25, 0.3) is 0 Å². The Balaban J connectivity index is 2.46. The van der Waals surface area contributed by atoms with Crippen LogP contribution in [-0.4, -0.2) is 24.9 Å². The second-order valence-electron chi connectivity index (χ2n) is 2.83. The summed E-state index contributed by atoms with van der Waals surface area (Å²) >= 11 is 0. The van der Waals surface area contributed by atoms with Crippen LogP contribution in [-0.2, 0) is 0 Å². The molecule has 0 saturated carbocycles. The van der Waals surface area contributed by atoms with Crippen molar-refractivity contribution in [2.45, 2.75) is 13.3 Å². The number of hydrogen-bond donors (Lipinski definition) is 1. The van der Waals surface area contributed by atoms with E-state index in [4.69, 9.17) is 14.6 Å². The summed E-state index contributed by atoms with van der Waals surface area (Å²) in [5, 5.41) is 8.58. The Bertz CT molecular complexity index is 260. The van der Waals surface area contributed by atoms with Crippen LogP contribution in [0.1, 0.15) is 13.3 Å². The van der Waals surface area contributed by atoms with E-state index in [0.29, 0.717) is 19.6 Å². The fourth-order valence-corrected chi connectivity index (χ4v) is 1.08. The Morgan fingerprint density at radius 1 is 1.21 bits per heavy atom. The number of benzene rings is 1. The fraction of sp³-hybridized carbons (Fsp3) is 0.455. The molecule has 0 radical (unpaired) electrons. The molecule has 1 aromatic rings. The lowest BCUT2D eigenvalue weighted by molar-refractivity contribution is 0.233. The molecule has 0 fully saturated rings. The van der Waals surface area contributed by atoms with E-state index in [-0.39, 0.29) is 6.61 Å². The van der Waals surface area contributed by atoms with E-state index >= 15 is 0 Å². The predicted octanol–water partition coefficient (Wildman–Crippen LogP) is 1.85. The van der Waals surface area contributed by atoms with Crippen LogP contribution in [0.2, 0.25) is 0 Å². The Hall–Kier alpha value is -1.22. The number of ether oxygens (including phenoxy) is 2. The van der Waals surface area contributed by atoms with E-state index in [0.717, 1.165) is 11.5 Å². The number of aliphatic hydroxyl groups is 1. The van der Waals surface area contributed by atoms with Gasteiger partial charge in [0.2, 0.25) is 0 Å². The molecule has 0 amide bonds. The Labute approximate surface area is 84.3 Å². The van der Waals surface area contributed by atoms with Gasteiger partial charge < -0.3 is 14.6 Å². The molecule has 0 unspecified atom stereocenters. The van der Waals surface area contributed by atoms with Gasteiger partial charge in [-0.1, -0.05) is 6.07 Å². The third-order valence-corrected chi connectivity index (χ3v) is 1.69. The summed E-state index contributed by atoms with van der Waals surface area (Å²) in [4.78, 5) is 0. The molecule has 0 aromatic heterocycles. The summed E-state index contributed by atoms with van der Waals surface area (Å²) in [6, 6.07) is 7.50. The second-order valence-corrected chi connectivity index (χ2v) is 2.83. The first-order chi connectivity index (χ1) is 6.86. The third-order valence-electron chi connectivity index (χ3n) is 1.69. The number of hydrogen-bond acceptors (Lipinski definition) is 3. The van der Waals surface area contributed by atoms with Crippen LogP contribution < -0.4 is 9.47 Å². The molecule has 0 spiro atoms. The van der Waals surface area contributed by atoms with Crippen molar-refractivity contribution in [3.63, 3.8) is 0 Å². The highest BCUT2D eigenvalue weighted by molar-refractivity contribution is 5.32. The maximum atomic E-state index is 8.58. The lowest BCUT2D eigenvalue weighted by Gasteiger charge is -2.07. The maximum absolute atomic E-state index is 8.58. The van der Waals surface area contributed by atoms with Crippen LogP contribution in [0.3, 0.4) is 0 Å². The van der Waals surface area contributed by atoms with Gasteiger partial charge in [-0.15, -0.1) is 0 Å². The molecule has 0 aliphatic rings. The summed E-state index contributed by atoms with van der Waals surface area (Å²) in [6.45, 7) is 3.29. The van der Waals surface area contributed by atoms with Gasteiger partial charge in [0.15, 0.2) is 0 Å². The highest BCUT2D eigenvalue weighted by atomic mass is 16.5. The summed E-state index contributed by atoms with van der Waals surface area (Å²) in [5.41, 5.74) is 0. The molecule has 0 aliphatic heterocycles. The molecule has 0 aliphatic carbocycles. The van der Waals surface area contributed by atoms with Gasteiger partial charge in [-0.05, 0) is 19.1 Å². The molecule has 1 aromatic carbocycles. The summed E-state index contributed by atoms with van der Waals surface area (Å²) < 4.78 is 10.7. The van der Waals surface area contributed by atoms with Crippen molar-refractivity contribution in [1.82, 2.24) is 0 Å². The van der Waals surface area contributed by atoms with Crippen molar-refractivity contribution in [3.8, 4) is 11.5 Å². The van der Waals surface area contributed by atoms with Crippen molar-refractivity contribution in [1.29, 1.82) is 0 Å². The quantitative estimate of drug-likeness (QED) is 0.706. The molecule has 78 valence electrons. The molecule has 1 N–H and O–H groups in total. The van der Waals surface area contributed by atoms with Gasteiger partial charge in [0.25, 0.3) is 0 Å².